The molecule has 0 radical (unpaired) electrons. The van der Waals surface area contributed by atoms with Gasteiger partial charge in [0.05, 0.1) is 10.2 Å². The summed E-state index contributed by atoms with van der Waals surface area (Å²) in [4.78, 5) is 9.80. The van der Waals surface area contributed by atoms with Crippen LogP contribution in [0, 0.1) is 5.82 Å². The molecule has 4 rings (SSSR count). The standard InChI is InChI=1S/C16H11FN4S2/c17-11-3-1-10(2-4-11)14-7-13-15(23-14)16(19-9-18-13)22-8-12-5-6-20-21-12/h1-7,9H,8H2,(H,20,21). The number of rotatable bonds is 4. The van der Waals surface area contributed by atoms with Crippen LogP contribution in [0.15, 0.2) is 53.9 Å². The Labute approximate surface area is 139 Å². The third kappa shape index (κ3) is 2.97. The predicted octanol–water partition coefficient (Wildman–Crippen LogP) is 4.51. The molecule has 3 heterocycles. The minimum absolute atomic E-state index is 0.231. The van der Waals surface area contributed by atoms with Crippen molar-refractivity contribution < 1.29 is 4.39 Å². The molecule has 0 aliphatic carbocycles. The molecule has 0 atom stereocenters. The fraction of sp³-hybridized carbons (Fsp3) is 0.0625. The quantitative estimate of drug-likeness (QED) is 0.438. The number of hydrogen-bond donors (Lipinski definition) is 1. The van der Waals surface area contributed by atoms with Gasteiger partial charge in [0.15, 0.2) is 0 Å². The smallest absolute Gasteiger partial charge is 0.123 e. The van der Waals surface area contributed by atoms with Gasteiger partial charge in [-0.1, -0.05) is 23.9 Å². The van der Waals surface area contributed by atoms with E-state index in [2.05, 4.69) is 20.2 Å². The second-order valence-corrected chi connectivity index (χ2v) is 6.90. The SMILES string of the molecule is Fc1ccc(-c2cc3ncnc(SCc4ccn[nH]4)c3s2)cc1. The van der Waals surface area contributed by atoms with Crippen molar-refractivity contribution in [2.75, 3.05) is 0 Å². The van der Waals surface area contributed by atoms with Crippen molar-refractivity contribution in [3.63, 3.8) is 0 Å². The summed E-state index contributed by atoms with van der Waals surface area (Å²) in [6.45, 7) is 0. The van der Waals surface area contributed by atoms with Crippen LogP contribution >= 0.6 is 23.1 Å². The van der Waals surface area contributed by atoms with E-state index in [4.69, 9.17) is 0 Å². The Morgan fingerprint density at radius 1 is 1.13 bits per heavy atom. The highest BCUT2D eigenvalue weighted by Gasteiger charge is 2.11. The fourth-order valence-electron chi connectivity index (χ4n) is 2.20. The molecule has 0 aliphatic rings. The zero-order valence-corrected chi connectivity index (χ0v) is 13.5. The number of aromatic amines is 1. The summed E-state index contributed by atoms with van der Waals surface area (Å²) in [6.07, 6.45) is 3.32. The Morgan fingerprint density at radius 2 is 2.00 bits per heavy atom. The summed E-state index contributed by atoms with van der Waals surface area (Å²) in [7, 11) is 0. The molecule has 0 saturated carbocycles. The van der Waals surface area contributed by atoms with E-state index >= 15 is 0 Å². The number of nitrogens with one attached hydrogen (secondary N) is 1. The molecule has 1 aromatic carbocycles. The van der Waals surface area contributed by atoms with Crippen LogP contribution in [0.5, 0.6) is 0 Å². The third-order valence-electron chi connectivity index (χ3n) is 3.33. The first kappa shape index (κ1) is 14.3. The average molecular weight is 342 g/mol. The van der Waals surface area contributed by atoms with Gasteiger partial charge in [-0.05, 0) is 29.8 Å². The normalized spacial score (nSPS) is 11.2. The molecule has 0 fully saturated rings. The Bertz CT molecular complexity index is 933. The molecule has 0 bridgehead atoms. The van der Waals surface area contributed by atoms with E-state index in [0.717, 1.165) is 37.1 Å². The van der Waals surface area contributed by atoms with E-state index in [1.807, 2.05) is 12.1 Å². The van der Waals surface area contributed by atoms with Crippen molar-refractivity contribution in [1.82, 2.24) is 20.2 Å². The van der Waals surface area contributed by atoms with Gasteiger partial charge in [0.25, 0.3) is 0 Å². The van der Waals surface area contributed by atoms with E-state index in [1.165, 1.54) is 12.1 Å². The second-order valence-electron chi connectivity index (χ2n) is 4.88. The maximum Gasteiger partial charge on any atom is 0.123 e. The number of hydrogen-bond acceptors (Lipinski definition) is 5. The van der Waals surface area contributed by atoms with Gasteiger partial charge in [0.2, 0.25) is 0 Å². The summed E-state index contributed by atoms with van der Waals surface area (Å²) >= 11 is 3.27. The highest BCUT2D eigenvalue weighted by Crippen LogP contribution is 2.37. The summed E-state index contributed by atoms with van der Waals surface area (Å²) in [5, 5.41) is 7.84. The van der Waals surface area contributed by atoms with E-state index in [1.54, 1.807) is 47.8 Å². The summed E-state index contributed by atoms with van der Waals surface area (Å²) in [5.74, 6) is 0.543. The maximum atomic E-state index is 13.1. The second kappa shape index (κ2) is 6.10. The maximum absolute atomic E-state index is 13.1. The highest BCUT2D eigenvalue weighted by molar-refractivity contribution is 7.98. The van der Waals surface area contributed by atoms with Crippen molar-refractivity contribution in [2.45, 2.75) is 10.8 Å². The molecule has 0 spiro atoms. The van der Waals surface area contributed by atoms with E-state index < -0.39 is 0 Å². The molecular weight excluding hydrogens is 331 g/mol. The van der Waals surface area contributed by atoms with Gasteiger partial charge in [0.1, 0.15) is 17.2 Å². The summed E-state index contributed by atoms with van der Waals surface area (Å²) in [5.41, 5.74) is 2.95. The van der Waals surface area contributed by atoms with Gasteiger partial charge >= 0.3 is 0 Å². The number of thiophene rings is 1. The monoisotopic (exact) mass is 342 g/mol. The number of nitrogens with zero attached hydrogens (tertiary/aromatic N) is 3. The molecule has 4 nitrogen and oxygen atoms in total. The van der Waals surface area contributed by atoms with E-state index in [9.17, 15) is 4.39 Å². The molecule has 23 heavy (non-hydrogen) atoms. The number of fused-ring (bicyclic) bond motifs is 1. The van der Waals surface area contributed by atoms with Gasteiger partial charge in [0, 0.05) is 22.5 Å². The first-order valence-electron chi connectivity index (χ1n) is 6.91. The molecule has 1 N–H and O–H groups in total. The van der Waals surface area contributed by atoms with Crippen molar-refractivity contribution >= 4 is 33.3 Å². The number of H-pyrrole nitrogens is 1. The lowest BCUT2D eigenvalue weighted by Gasteiger charge is -1.99. The molecular formula is C16H11FN4S2. The van der Waals surface area contributed by atoms with Crippen molar-refractivity contribution in [3.05, 3.63) is 60.4 Å². The highest BCUT2D eigenvalue weighted by atomic mass is 32.2. The van der Waals surface area contributed by atoms with Crippen LogP contribution in [0.3, 0.4) is 0 Å². The zero-order chi connectivity index (χ0) is 15.6. The Kier molecular flexibility index (Phi) is 3.80. The average Bonchev–Trinajstić information content (AvgIpc) is 3.23. The number of thioether (sulfide) groups is 1. The minimum atomic E-state index is -0.231. The van der Waals surface area contributed by atoms with Crippen molar-refractivity contribution in [2.24, 2.45) is 0 Å². The Hall–Kier alpha value is -2.25. The molecule has 7 heteroatoms. The molecule has 0 aliphatic heterocycles. The van der Waals surface area contributed by atoms with Crippen LogP contribution in [0.1, 0.15) is 5.69 Å². The van der Waals surface area contributed by atoms with Crippen molar-refractivity contribution in [3.8, 4) is 10.4 Å². The number of benzene rings is 1. The van der Waals surface area contributed by atoms with Gasteiger partial charge in [-0.25, -0.2) is 14.4 Å². The fourth-order valence-corrected chi connectivity index (χ4v) is 4.32. The molecule has 114 valence electrons. The Balaban J connectivity index is 1.68. The van der Waals surface area contributed by atoms with Gasteiger partial charge in [-0.3, -0.25) is 5.10 Å². The molecule has 3 aromatic heterocycles. The number of halogens is 1. The van der Waals surface area contributed by atoms with Crippen molar-refractivity contribution in [1.29, 1.82) is 0 Å². The van der Waals surface area contributed by atoms with Crippen LogP contribution in [-0.2, 0) is 5.75 Å². The zero-order valence-electron chi connectivity index (χ0n) is 11.9. The van der Waals surface area contributed by atoms with Gasteiger partial charge < -0.3 is 0 Å². The predicted molar refractivity (Wildman–Crippen MR) is 91.0 cm³/mol. The summed E-state index contributed by atoms with van der Waals surface area (Å²) in [6, 6.07) is 10.5. The van der Waals surface area contributed by atoms with Crippen LogP contribution in [0.4, 0.5) is 4.39 Å². The lowest BCUT2D eigenvalue weighted by atomic mass is 10.2. The molecule has 0 saturated heterocycles. The van der Waals surface area contributed by atoms with E-state index in [0.29, 0.717) is 0 Å². The van der Waals surface area contributed by atoms with Crippen LogP contribution in [-0.4, -0.2) is 20.2 Å². The molecule has 0 unspecified atom stereocenters. The van der Waals surface area contributed by atoms with Gasteiger partial charge in [-0.2, -0.15) is 5.10 Å². The van der Waals surface area contributed by atoms with Gasteiger partial charge in [-0.15, -0.1) is 11.3 Å². The van der Waals surface area contributed by atoms with Crippen LogP contribution in [0.2, 0.25) is 0 Å². The Morgan fingerprint density at radius 3 is 2.78 bits per heavy atom. The largest absolute Gasteiger partial charge is 0.282 e. The van der Waals surface area contributed by atoms with E-state index in [-0.39, 0.29) is 5.82 Å². The molecule has 0 amide bonds. The summed E-state index contributed by atoms with van der Waals surface area (Å²) < 4.78 is 14.1. The lowest BCUT2D eigenvalue weighted by Crippen LogP contribution is -1.85. The van der Waals surface area contributed by atoms with Crippen LogP contribution < -0.4 is 0 Å². The first-order chi connectivity index (χ1) is 11.3. The minimum Gasteiger partial charge on any atom is -0.282 e. The topological polar surface area (TPSA) is 54.5 Å². The number of aromatic nitrogens is 4. The molecule has 4 aromatic rings. The lowest BCUT2D eigenvalue weighted by molar-refractivity contribution is 0.628. The first-order valence-corrected chi connectivity index (χ1v) is 8.71. The third-order valence-corrected chi connectivity index (χ3v) is 5.68. The van der Waals surface area contributed by atoms with Crippen LogP contribution in [0.25, 0.3) is 20.7 Å².